The molecule has 1 aliphatic heterocycles. The minimum absolute atomic E-state index is 0.0477. The number of benzene rings is 2. The number of alkyl halides is 3. The first kappa shape index (κ1) is 16.6. The Morgan fingerprint density at radius 3 is 2.46 bits per heavy atom. The van der Waals surface area contributed by atoms with Crippen molar-refractivity contribution in [2.75, 3.05) is 11.2 Å². The summed E-state index contributed by atoms with van der Waals surface area (Å²) in [5.74, 6) is -0.313. The van der Waals surface area contributed by atoms with Crippen LogP contribution in [0.4, 0.5) is 30.2 Å². The molecular formula is C17H13F3N2OS. The summed E-state index contributed by atoms with van der Waals surface area (Å²) in [6, 6.07) is 11.9. The summed E-state index contributed by atoms with van der Waals surface area (Å²) < 4.78 is 39.3. The molecule has 0 atom stereocenters. The molecule has 0 fully saturated rings. The van der Waals surface area contributed by atoms with Crippen LogP contribution in [0, 0.1) is 0 Å². The van der Waals surface area contributed by atoms with Gasteiger partial charge in [-0.05, 0) is 36.6 Å². The van der Waals surface area contributed by atoms with Gasteiger partial charge >= 0.3 is 6.18 Å². The Labute approximate surface area is 141 Å². The average molecular weight is 350 g/mol. The zero-order valence-corrected chi connectivity index (χ0v) is 13.5. The van der Waals surface area contributed by atoms with E-state index in [-0.39, 0.29) is 18.0 Å². The first-order chi connectivity index (χ1) is 11.4. The highest BCUT2D eigenvalue weighted by molar-refractivity contribution is 8.13. The molecule has 1 aliphatic rings. The number of carbonyl (C=O) groups excluding carboxylic acids is 1. The number of para-hydroxylation sites is 1. The van der Waals surface area contributed by atoms with Gasteiger partial charge in [-0.25, -0.2) is 4.99 Å². The van der Waals surface area contributed by atoms with Gasteiger partial charge in [-0.1, -0.05) is 18.2 Å². The SMILES string of the molecule is CSC1=Nc2ccc(C(F)(F)F)cc2N(c2ccccc2)C(=O)C1. The molecule has 0 aliphatic carbocycles. The Bertz CT molecular complexity index is 803. The second kappa shape index (κ2) is 6.32. The number of carbonyl (C=O) groups is 1. The van der Waals surface area contributed by atoms with Crippen molar-refractivity contribution in [3.63, 3.8) is 0 Å². The molecule has 0 bridgehead atoms. The third kappa shape index (κ3) is 3.17. The monoisotopic (exact) mass is 350 g/mol. The molecule has 3 rings (SSSR count). The van der Waals surface area contributed by atoms with Gasteiger partial charge in [0.2, 0.25) is 5.91 Å². The Kier molecular flexibility index (Phi) is 4.36. The highest BCUT2D eigenvalue weighted by Gasteiger charge is 2.33. The van der Waals surface area contributed by atoms with Crippen LogP contribution in [0.15, 0.2) is 53.5 Å². The molecule has 0 saturated carbocycles. The summed E-state index contributed by atoms with van der Waals surface area (Å²) >= 11 is 1.31. The zero-order chi connectivity index (χ0) is 17.3. The fourth-order valence-corrected chi connectivity index (χ4v) is 2.93. The molecule has 0 N–H and O–H groups in total. The Morgan fingerprint density at radius 2 is 1.83 bits per heavy atom. The normalized spacial score (nSPS) is 14.9. The molecule has 1 heterocycles. The number of hydrogen-bond donors (Lipinski definition) is 0. The molecular weight excluding hydrogens is 337 g/mol. The smallest absolute Gasteiger partial charge is 0.279 e. The Morgan fingerprint density at radius 1 is 1.12 bits per heavy atom. The molecule has 7 heteroatoms. The van der Waals surface area contributed by atoms with E-state index in [2.05, 4.69) is 4.99 Å². The van der Waals surface area contributed by atoms with Gasteiger partial charge in [0.15, 0.2) is 0 Å². The number of thioether (sulfide) groups is 1. The number of anilines is 2. The molecule has 1 amide bonds. The lowest BCUT2D eigenvalue weighted by atomic mass is 10.1. The summed E-state index contributed by atoms with van der Waals surface area (Å²) in [6.07, 6.45) is -2.65. The number of nitrogens with zero attached hydrogens (tertiary/aromatic N) is 2. The molecule has 0 spiro atoms. The molecule has 2 aromatic rings. The summed E-state index contributed by atoms with van der Waals surface area (Å²) in [4.78, 5) is 18.3. The van der Waals surface area contributed by atoms with Crippen LogP contribution >= 0.6 is 11.8 Å². The van der Waals surface area contributed by atoms with Crippen molar-refractivity contribution in [2.45, 2.75) is 12.6 Å². The molecule has 0 aromatic heterocycles. The van der Waals surface area contributed by atoms with Crippen LogP contribution in [0.2, 0.25) is 0 Å². The van der Waals surface area contributed by atoms with Gasteiger partial charge in [0, 0.05) is 5.69 Å². The lowest BCUT2D eigenvalue weighted by Gasteiger charge is -2.23. The first-order valence-corrected chi connectivity index (χ1v) is 8.33. The van der Waals surface area contributed by atoms with Crippen LogP contribution in [0.5, 0.6) is 0 Å². The van der Waals surface area contributed by atoms with Gasteiger partial charge in [-0.2, -0.15) is 13.2 Å². The quantitative estimate of drug-likeness (QED) is 0.711. The van der Waals surface area contributed by atoms with Crippen molar-refractivity contribution in [3.05, 3.63) is 54.1 Å². The maximum absolute atomic E-state index is 13.1. The second-order valence-electron chi connectivity index (χ2n) is 5.15. The molecule has 0 unspecified atom stereocenters. The lowest BCUT2D eigenvalue weighted by Crippen LogP contribution is -2.26. The predicted octanol–water partition coefficient (Wildman–Crippen LogP) is 5.17. The minimum atomic E-state index is -4.49. The fourth-order valence-electron chi connectivity index (χ4n) is 2.47. The largest absolute Gasteiger partial charge is 0.416 e. The zero-order valence-electron chi connectivity index (χ0n) is 12.7. The standard InChI is InChI=1S/C17H13F3N2OS/c1-24-15-10-16(23)22(12-5-3-2-4-6-12)14-9-11(17(18,19)20)7-8-13(14)21-15/h2-9H,10H2,1H3. The third-order valence-electron chi connectivity index (χ3n) is 3.59. The molecule has 2 aromatic carbocycles. The van der Waals surface area contributed by atoms with E-state index in [9.17, 15) is 18.0 Å². The summed E-state index contributed by atoms with van der Waals surface area (Å²) in [6.45, 7) is 0. The van der Waals surface area contributed by atoms with Crippen molar-refractivity contribution >= 4 is 39.8 Å². The van der Waals surface area contributed by atoms with Crippen molar-refractivity contribution in [3.8, 4) is 0 Å². The maximum atomic E-state index is 13.1. The van der Waals surface area contributed by atoms with Crippen molar-refractivity contribution in [2.24, 2.45) is 4.99 Å². The minimum Gasteiger partial charge on any atom is -0.279 e. The number of hydrogen-bond acceptors (Lipinski definition) is 3. The molecule has 0 radical (unpaired) electrons. The van der Waals surface area contributed by atoms with Gasteiger partial charge in [0.05, 0.1) is 28.4 Å². The summed E-state index contributed by atoms with van der Waals surface area (Å²) in [5.41, 5.74) is 0.200. The topological polar surface area (TPSA) is 32.7 Å². The summed E-state index contributed by atoms with van der Waals surface area (Å²) in [5, 5.41) is 0.569. The van der Waals surface area contributed by atoms with Crippen LogP contribution in [-0.4, -0.2) is 17.2 Å². The molecule has 3 nitrogen and oxygen atoms in total. The van der Waals surface area contributed by atoms with Gasteiger partial charge in [0.1, 0.15) is 0 Å². The van der Waals surface area contributed by atoms with E-state index in [1.807, 2.05) is 0 Å². The van der Waals surface area contributed by atoms with Gasteiger partial charge in [0.25, 0.3) is 0 Å². The van der Waals surface area contributed by atoms with Gasteiger partial charge < -0.3 is 0 Å². The first-order valence-electron chi connectivity index (χ1n) is 7.11. The van der Waals surface area contributed by atoms with E-state index < -0.39 is 11.7 Å². The van der Waals surface area contributed by atoms with Crippen molar-refractivity contribution in [1.82, 2.24) is 0 Å². The highest BCUT2D eigenvalue weighted by atomic mass is 32.2. The number of amides is 1. The number of rotatable bonds is 1. The van der Waals surface area contributed by atoms with Crippen molar-refractivity contribution < 1.29 is 18.0 Å². The van der Waals surface area contributed by atoms with E-state index in [1.165, 1.54) is 22.7 Å². The fraction of sp³-hybridized carbons (Fsp3) is 0.176. The van der Waals surface area contributed by atoms with E-state index in [0.717, 1.165) is 12.1 Å². The number of aliphatic imine (C=N–C) groups is 1. The van der Waals surface area contributed by atoms with E-state index in [4.69, 9.17) is 0 Å². The number of halogens is 3. The van der Waals surface area contributed by atoms with E-state index in [1.54, 1.807) is 36.6 Å². The van der Waals surface area contributed by atoms with Crippen LogP contribution in [0.3, 0.4) is 0 Å². The third-order valence-corrected chi connectivity index (χ3v) is 4.30. The predicted molar refractivity (Wildman–Crippen MR) is 90.3 cm³/mol. The Balaban J connectivity index is 2.22. The molecule has 124 valence electrons. The molecule has 0 saturated heterocycles. The average Bonchev–Trinajstić information content (AvgIpc) is 2.69. The van der Waals surface area contributed by atoms with Crippen molar-refractivity contribution in [1.29, 1.82) is 0 Å². The summed E-state index contributed by atoms with van der Waals surface area (Å²) in [7, 11) is 0. The van der Waals surface area contributed by atoms with E-state index in [0.29, 0.717) is 16.4 Å². The van der Waals surface area contributed by atoms with Crippen LogP contribution in [0.1, 0.15) is 12.0 Å². The molecule has 24 heavy (non-hydrogen) atoms. The van der Waals surface area contributed by atoms with Crippen LogP contribution in [-0.2, 0) is 11.0 Å². The maximum Gasteiger partial charge on any atom is 0.416 e. The number of fused-ring (bicyclic) bond motifs is 1. The highest BCUT2D eigenvalue weighted by Crippen LogP contribution is 2.41. The van der Waals surface area contributed by atoms with E-state index >= 15 is 0 Å². The van der Waals surface area contributed by atoms with Crippen LogP contribution in [0.25, 0.3) is 0 Å². The second-order valence-corrected chi connectivity index (χ2v) is 6.03. The van der Waals surface area contributed by atoms with Gasteiger partial charge in [-0.15, -0.1) is 11.8 Å². The van der Waals surface area contributed by atoms with Crippen LogP contribution < -0.4 is 4.90 Å². The lowest BCUT2D eigenvalue weighted by molar-refractivity contribution is -0.137. The van der Waals surface area contributed by atoms with Gasteiger partial charge in [-0.3, -0.25) is 9.69 Å². The Hall–Kier alpha value is -2.28.